The number of aliphatic imine (C=N–C) groups is 1. The van der Waals surface area contributed by atoms with Gasteiger partial charge in [-0.2, -0.15) is 0 Å². The van der Waals surface area contributed by atoms with Crippen LogP contribution in [-0.4, -0.2) is 10.7 Å². The third-order valence-electron chi connectivity index (χ3n) is 0.607. The Labute approximate surface area is 88.9 Å². The highest BCUT2D eigenvalue weighted by atomic mass is 35.5. The second-order valence-electron chi connectivity index (χ2n) is 1.39. The van der Waals surface area contributed by atoms with Crippen LogP contribution in [0.1, 0.15) is 0 Å². The summed E-state index contributed by atoms with van der Waals surface area (Å²) in [6.45, 7) is 0. The van der Waals surface area contributed by atoms with Crippen LogP contribution in [0.3, 0.4) is 0 Å². The maximum Gasteiger partial charge on any atom is 0.164 e. The summed E-state index contributed by atoms with van der Waals surface area (Å²) in [6, 6.07) is 0. The number of nitrogens with zero attached hydrogens (tertiary/aromatic N) is 1. The maximum absolute atomic E-state index is 5.39. The van der Waals surface area contributed by atoms with Crippen molar-refractivity contribution in [2.75, 3.05) is 0 Å². The molecule has 0 radical (unpaired) electrons. The zero-order chi connectivity index (χ0) is 9.02. The fourth-order valence-corrected chi connectivity index (χ4v) is 0.484. The van der Waals surface area contributed by atoms with Crippen molar-refractivity contribution in [2.45, 2.75) is 4.84 Å². The summed E-state index contributed by atoms with van der Waals surface area (Å²) in [5.74, 6) is -0.0582. The minimum absolute atomic E-state index is 0.0582. The van der Waals surface area contributed by atoms with Crippen LogP contribution >= 0.6 is 58.0 Å². The first-order chi connectivity index (χ1) is 4.95. The molecule has 0 aromatic heterocycles. The number of alkyl halides is 2. The Hall–Kier alpha value is 0.660. The summed E-state index contributed by atoms with van der Waals surface area (Å²) in [6.07, 6.45) is 0. The van der Waals surface area contributed by atoms with Gasteiger partial charge in [-0.1, -0.05) is 58.0 Å². The van der Waals surface area contributed by atoms with Gasteiger partial charge in [-0.05, 0) is 0 Å². The highest BCUT2D eigenvalue weighted by Gasteiger charge is 2.05. The normalized spacial score (nSPS) is 12.0. The van der Waals surface area contributed by atoms with E-state index < -0.39 is 4.84 Å². The van der Waals surface area contributed by atoms with Crippen molar-refractivity contribution >= 4 is 63.8 Å². The lowest BCUT2D eigenvalue weighted by atomic mass is 10.7. The van der Waals surface area contributed by atoms with Crippen LogP contribution in [0.5, 0.6) is 0 Å². The number of hydrogen-bond acceptors (Lipinski definition) is 1. The molecule has 7 heteroatoms. The fourth-order valence-electron chi connectivity index (χ4n) is 0.204. The first kappa shape index (κ1) is 11.7. The molecule has 0 atom stereocenters. The van der Waals surface area contributed by atoms with Crippen molar-refractivity contribution < 1.29 is 0 Å². The van der Waals surface area contributed by atoms with E-state index in [2.05, 4.69) is 4.99 Å². The predicted molar refractivity (Wildman–Crippen MR) is 51.7 cm³/mol. The lowest BCUT2D eigenvalue weighted by molar-refractivity contribution is 1.41. The Kier molecular flexibility index (Phi) is 5.65. The number of hydrogen-bond donors (Lipinski definition) is 1. The average molecular weight is 256 g/mol. The second kappa shape index (κ2) is 5.33. The number of nitrogens with two attached hydrogens (primary N) is 1. The molecule has 0 rings (SSSR count). The third kappa shape index (κ3) is 4.99. The Bertz CT molecular complexity index is 193. The molecule has 0 aromatic rings. The molecule has 0 bridgehead atoms. The van der Waals surface area contributed by atoms with Crippen LogP contribution < -0.4 is 5.73 Å². The fraction of sp³-hybridized carbons (Fsp3) is 0.250. The smallest absolute Gasteiger partial charge is 0.164 e. The van der Waals surface area contributed by atoms with Crippen molar-refractivity contribution in [3.8, 4) is 0 Å². The summed E-state index contributed by atoms with van der Waals surface area (Å²) < 4.78 is -0.191. The van der Waals surface area contributed by atoms with Crippen molar-refractivity contribution in [2.24, 2.45) is 10.7 Å². The molecule has 11 heavy (non-hydrogen) atoms. The van der Waals surface area contributed by atoms with E-state index in [1.807, 2.05) is 0 Å². The summed E-state index contributed by atoms with van der Waals surface area (Å²) >= 11 is 26.5. The molecule has 0 aliphatic heterocycles. The Morgan fingerprint density at radius 2 is 1.64 bits per heavy atom. The van der Waals surface area contributed by atoms with Gasteiger partial charge in [0, 0.05) is 0 Å². The van der Waals surface area contributed by atoms with E-state index in [-0.39, 0.29) is 15.5 Å². The van der Waals surface area contributed by atoms with Gasteiger partial charge in [-0.25, -0.2) is 4.99 Å². The van der Waals surface area contributed by atoms with E-state index >= 15 is 0 Å². The lowest BCUT2D eigenvalue weighted by Crippen LogP contribution is -2.19. The highest BCUT2D eigenvalue weighted by molar-refractivity contribution is 6.59. The van der Waals surface area contributed by atoms with Gasteiger partial charge in [0.1, 0.15) is 10.3 Å². The van der Waals surface area contributed by atoms with Crippen molar-refractivity contribution in [1.82, 2.24) is 0 Å². The lowest BCUT2D eigenvalue weighted by Gasteiger charge is -1.98. The molecule has 2 nitrogen and oxygen atoms in total. The number of rotatable bonds is 2. The van der Waals surface area contributed by atoms with Gasteiger partial charge in [0.2, 0.25) is 0 Å². The van der Waals surface area contributed by atoms with Gasteiger partial charge in [0.25, 0.3) is 0 Å². The van der Waals surface area contributed by atoms with Crippen LogP contribution in [0.4, 0.5) is 0 Å². The molecular formula is C4H3Cl5N2. The van der Waals surface area contributed by atoms with Gasteiger partial charge < -0.3 is 5.73 Å². The molecule has 0 saturated carbocycles. The van der Waals surface area contributed by atoms with Gasteiger partial charge in [0.15, 0.2) is 9.99 Å². The molecule has 0 aromatic carbocycles. The minimum Gasteiger partial charge on any atom is -0.385 e. The molecule has 0 aliphatic rings. The summed E-state index contributed by atoms with van der Waals surface area (Å²) in [4.78, 5) is 2.57. The SMILES string of the molecule is N/C(=N\C(Cl)=C(Cl)Cl)C(Cl)Cl. The van der Waals surface area contributed by atoms with E-state index in [9.17, 15) is 0 Å². The molecule has 0 fully saturated rings. The van der Waals surface area contributed by atoms with Gasteiger partial charge in [-0.15, -0.1) is 0 Å². The van der Waals surface area contributed by atoms with E-state index in [4.69, 9.17) is 63.7 Å². The Morgan fingerprint density at radius 3 is 1.91 bits per heavy atom. The molecule has 0 amide bonds. The average Bonchev–Trinajstić information content (AvgIpc) is 1.87. The topological polar surface area (TPSA) is 38.4 Å². The molecule has 0 heterocycles. The van der Waals surface area contributed by atoms with Crippen molar-refractivity contribution in [1.29, 1.82) is 0 Å². The molecule has 0 unspecified atom stereocenters. The Morgan fingerprint density at radius 1 is 1.18 bits per heavy atom. The molecule has 0 saturated heterocycles. The maximum atomic E-state index is 5.39. The molecule has 2 N–H and O–H groups in total. The monoisotopic (exact) mass is 254 g/mol. The first-order valence-corrected chi connectivity index (χ1v) is 4.28. The largest absolute Gasteiger partial charge is 0.385 e. The highest BCUT2D eigenvalue weighted by Crippen LogP contribution is 2.19. The minimum atomic E-state index is -0.920. The van der Waals surface area contributed by atoms with Gasteiger partial charge in [-0.3, -0.25) is 0 Å². The van der Waals surface area contributed by atoms with Crippen LogP contribution in [-0.2, 0) is 0 Å². The first-order valence-electron chi connectivity index (χ1n) is 2.28. The van der Waals surface area contributed by atoms with Crippen molar-refractivity contribution in [3.63, 3.8) is 0 Å². The predicted octanol–water partition coefficient (Wildman–Crippen LogP) is 2.99. The standard InChI is InChI=1S/C4H3Cl5N2/c5-1(6)3(9)11-4(10)2(7)8/h2H,(H2,10,11). The zero-order valence-corrected chi connectivity index (χ0v) is 8.77. The van der Waals surface area contributed by atoms with Crippen LogP contribution in [0.2, 0.25) is 0 Å². The zero-order valence-electron chi connectivity index (χ0n) is 4.99. The second-order valence-corrected chi connectivity index (χ2v) is 3.79. The van der Waals surface area contributed by atoms with Crippen LogP contribution in [0.25, 0.3) is 0 Å². The molecule has 0 aliphatic carbocycles. The molecular weight excluding hydrogens is 253 g/mol. The summed E-state index contributed by atoms with van der Waals surface area (Å²) in [5, 5.41) is -0.142. The van der Waals surface area contributed by atoms with E-state index in [0.717, 1.165) is 0 Å². The van der Waals surface area contributed by atoms with E-state index in [1.54, 1.807) is 0 Å². The quantitative estimate of drug-likeness (QED) is 0.351. The van der Waals surface area contributed by atoms with E-state index in [0.29, 0.717) is 0 Å². The third-order valence-corrected chi connectivity index (χ3v) is 1.88. The Balaban J connectivity index is 4.44. The summed E-state index contributed by atoms with van der Waals surface area (Å²) in [5.41, 5.74) is 5.21. The number of amidine groups is 1. The van der Waals surface area contributed by atoms with Gasteiger partial charge in [0.05, 0.1) is 0 Å². The molecule has 0 spiro atoms. The molecule has 64 valence electrons. The van der Waals surface area contributed by atoms with Gasteiger partial charge >= 0.3 is 0 Å². The van der Waals surface area contributed by atoms with Crippen LogP contribution in [0, 0.1) is 0 Å². The van der Waals surface area contributed by atoms with Crippen molar-refractivity contribution in [3.05, 3.63) is 9.65 Å². The van der Waals surface area contributed by atoms with Crippen LogP contribution in [0.15, 0.2) is 14.6 Å². The van der Waals surface area contributed by atoms with E-state index in [1.165, 1.54) is 0 Å². The summed E-state index contributed by atoms with van der Waals surface area (Å²) in [7, 11) is 0. The number of halogens is 5.